The lowest BCUT2D eigenvalue weighted by atomic mass is 10.2. The van der Waals surface area contributed by atoms with Crippen molar-refractivity contribution in [2.45, 2.75) is 6.54 Å². The van der Waals surface area contributed by atoms with Gasteiger partial charge in [-0.05, 0) is 6.07 Å². The molecule has 6 heteroatoms. The minimum absolute atomic E-state index is 0.108. The Morgan fingerprint density at radius 3 is 2.50 bits per heavy atom. The molecule has 1 aromatic rings. The highest BCUT2D eigenvalue weighted by atomic mass is 32.2. The summed E-state index contributed by atoms with van der Waals surface area (Å²) < 4.78 is 48.9. The van der Waals surface area contributed by atoms with Crippen LogP contribution < -0.4 is 4.72 Å². The summed E-state index contributed by atoms with van der Waals surface area (Å²) in [5.41, 5.74) is 0.108. The van der Waals surface area contributed by atoms with Crippen LogP contribution in [0.15, 0.2) is 18.2 Å². The molecule has 0 aliphatic heterocycles. The van der Waals surface area contributed by atoms with Gasteiger partial charge in [-0.3, -0.25) is 0 Å². The van der Waals surface area contributed by atoms with Crippen LogP contribution >= 0.6 is 0 Å². The third-order valence-corrected chi connectivity index (χ3v) is 2.21. The molecule has 0 aliphatic carbocycles. The lowest BCUT2D eigenvalue weighted by Crippen LogP contribution is -2.21. The number of rotatable bonds is 3. The van der Waals surface area contributed by atoms with Gasteiger partial charge in [-0.2, -0.15) is 0 Å². The van der Waals surface area contributed by atoms with E-state index in [1.807, 2.05) is 0 Å². The Hall–Kier alpha value is -1.01. The summed E-state index contributed by atoms with van der Waals surface area (Å²) in [6.07, 6.45) is 0.967. The van der Waals surface area contributed by atoms with Gasteiger partial charge in [0.05, 0.1) is 6.26 Å². The molecular weight excluding hydrogens is 212 g/mol. The van der Waals surface area contributed by atoms with Crippen molar-refractivity contribution in [1.29, 1.82) is 0 Å². The van der Waals surface area contributed by atoms with E-state index in [4.69, 9.17) is 0 Å². The van der Waals surface area contributed by atoms with Crippen LogP contribution in [0.4, 0.5) is 8.78 Å². The summed E-state index contributed by atoms with van der Waals surface area (Å²) in [5, 5.41) is 0. The van der Waals surface area contributed by atoms with Crippen molar-refractivity contribution in [3.05, 3.63) is 35.4 Å². The van der Waals surface area contributed by atoms with E-state index in [1.165, 1.54) is 6.07 Å². The molecule has 1 rings (SSSR count). The summed E-state index contributed by atoms with van der Waals surface area (Å²) in [5.74, 6) is -1.45. The maximum atomic E-state index is 13.0. The number of hydrogen-bond donors (Lipinski definition) is 1. The van der Waals surface area contributed by atoms with E-state index >= 15 is 0 Å². The Balaban J connectivity index is 2.78. The van der Waals surface area contributed by atoms with Gasteiger partial charge in [0.2, 0.25) is 10.0 Å². The van der Waals surface area contributed by atoms with Crippen molar-refractivity contribution in [2.24, 2.45) is 0 Å². The molecule has 0 atom stereocenters. The average molecular weight is 221 g/mol. The van der Waals surface area contributed by atoms with E-state index in [-0.39, 0.29) is 12.1 Å². The average Bonchev–Trinajstić information content (AvgIpc) is 2.00. The monoisotopic (exact) mass is 221 g/mol. The normalized spacial score (nSPS) is 11.6. The van der Waals surface area contributed by atoms with E-state index in [1.54, 1.807) is 0 Å². The zero-order valence-electron chi connectivity index (χ0n) is 7.42. The van der Waals surface area contributed by atoms with Gasteiger partial charge >= 0.3 is 0 Å². The number of sulfonamides is 1. The minimum Gasteiger partial charge on any atom is -0.213 e. The van der Waals surface area contributed by atoms with Crippen LogP contribution in [0.25, 0.3) is 0 Å². The van der Waals surface area contributed by atoms with Crippen molar-refractivity contribution < 1.29 is 17.2 Å². The zero-order valence-corrected chi connectivity index (χ0v) is 8.24. The fraction of sp³-hybridized carbons (Fsp3) is 0.250. The molecule has 3 nitrogen and oxygen atoms in total. The fourth-order valence-corrected chi connectivity index (χ4v) is 1.29. The predicted molar refractivity (Wildman–Crippen MR) is 48.0 cm³/mol. The first-order chi connectivity index (χ1) is 6.38. The van der Waals surface area contributed by atoms with Crippen LogP contribution in [-0.2, 0) is 16.6 Å². The quantitative estimate of drug-likeness (QED) is 0.828. The summed E-state index contributed by atoms with van der Waals surface area (Å²) in [6.45, 7) is -0.176. The molecule has 0 fully saturated rings. The Morgan fingerprint density at radius 2 is 2.00 bits per heavy atom. The van der Waals surface area contributed by atoms with E-state index < -0.39 is 21.7 Å². The molecule has 14 heavy (non-hydrogen) atoms. The molecule has 0 saturated carbocycles. The molecule has 0 radical (unpaired) electrons. The van der Waals surface area contributed by atoms with E-state index in [9.17, 15) is 17.2 Å². The number of nitrogens with one attached hydrogen (secondary N) is 1. The summed E-state index contributed by atoms with van der Waals surface area (Å²) in [4.78, 5) is 0. The zero-order chi connectivity index (χ0) is 10.8. The molecule has 0 saturated heterocycles. The van der Waals surface area contributed by atoms with E-state index in [0.717, 1.165) is 12.3 Å². The second kappa shape index (κ2) is 4.02. The van der Waals surface area contributed by atoms with Crippen LogP contribution in [0.5, 0.6) is 0 Å². The molecule has 0 unspecified atom stereocenters. The highest BCUT2D eigenvalue weighted by molar-refractivity contribution is 7.88. The van der Waals surface area contributed by atoms with Gasteiger partial charge in [0, 0.05) is 18.2 Å². The molecule has 1 aromatic carbocycles. The smallest absolute Gasteiger partial charge is 0.209 e. The van der Waals surface area contributed by atoms with Gasteiger partial charge in [-0.1, -0.05) is 6.07 Å². The van der Waals surface area contributed by atoms with Crippen LogP contribution in [0.2, 0.25) is 0 Å². The van der Waals surface area contributed by atoms with Crippen molar-refractivity contribution in [1.82, 2.24) is 4.72 Å². The molecule has 1 N–H and O–H groups in total. The largest absolute Gasteiger partial charge is 0.213 e. The highest BCUT2D eigenvalue weighted by Crippen LogP contribution is 2.09. The van der Waals surface area contributed by atoms with Gasteiger partial charge in [0.1, 0.15) is 11.6 Å². The first-order valence-electron chi connectivity index (χ1n) is 3.77. The van der Waals surface area contributed by atoms with Gasteiger partial charge < -0.3 is 0 Å². The van der Waals surface area contributed by atoms with Crippen LogP contribution in [0, 0.1) is 11.6 Å². The predicted octanol–water partition coefficient (Wildman–Crippen LogP) is 1.01. The molecule has 0 aromatic heterocycles. The molecular formula is C8H9F2NO2S. The SMILES string of the molecule is CS(=O)(=O)NCc1ccc(F)cc1F. The lowest BCUT2D eigenvalue weighted by molar-refractivity contribution is 0.564. The molecule has 0 heterocycles. The summed E-state index contributed by atoms with van der Waals surface area (Å²) >= 11 is 0. The lowest BCUT2D eigenvalue weighted by Gasteiger charge is -2.03. The summed E-state index contributed by atoms with van der Waals surface area (Å²) in [7, 11) is -3.36. The molecule has 78 valence electrons. The van der Waals surface area contributed by atoms with E-state index in [0.29, 0.717) is 6.07 Å². The topological polar surface area (TPSA) is 46.2 Å². The summed E-state index contributed by atoms with van der Waals surface area (Å²) in [6, 6.07) is 2.98. The van der Waals surface area contributed by atoms with Crippen LogP contribution in [0.1, 0.15) is 5.56 Å². The maximum absolute atomic E-state index is 13.0. The Bertz CT molecular complexity index is 431. The standard InChI is InChI=1S/C8H9F2NO2S/c1-14(12,13)11-5-6-2-3-7(9)4-8(6)10/h2-4,11H,5H2,1H3. The van der Waals surface area contributed by atoms with Crippen LogP contribution in [-0.4, -0.2) is 14.7 Å². The molecule has 0 bridgehead atoms. The van der Waals surface area contributed by atoms with Gasteiger partial charge in [0.25, 0.3) is 0 Å². The van der Waals surface area contributed by atoms with Crippen molar-refractivity contribution in [2.75, 3.05) is 6.26 Å². The molecule has 0 aliphatic rings. The molecule has 0 amide bonds. The van der Waals surface area contributed by atoms with E-state index in [2.05, 4.69) is 4.72 Å². The fourth-order valence-electron chi connectivity index (χ4n) is 0.874. The molecule has 0 spiro atoms. The first-order valence-corrected chi connectivity index (χ1v) is 5.66. The Kier molecular flexibility index (Phi) is 3.17. The second-order valence-corrected chi connectivity index (χ2v) is 4.66. The highest BCUT2D eigenvalue weighted by Gasteiger charge is 2.06. The number of halogens is 2. The Morgan fingerprint density at radius 1 is 1.36 bits per heavy atom. The third-order valence-electron chi connectivity index (χ3n) is 1.54. The Labute approximate surface area is 80.8 Å². The maximum Gasteiger partial charge on any atom is 0.209 e. The first kappa shape index (κ1) is 11.1. The van der Waals surface area contributed by atoms with Gasteiger partial charge in [0.15, 0.2) is 0 Å². The van der Waals surface area contributed by atoms with Gasteiger partial charge in [-0.25, -0.2) is 21.9 Å². The van der Waals surface area contributed by atoms with Crippen molar-refractivity contribution in [3.8, 4) is 0 Å². The van der Waals surface area contributed by atoms with Gasteiger partial charge in [-0.15, -0.1) is 0 Å². The van der Waals surface area contributed by atoms with Crippen LogP contribution in [0.3, 0.4) is 0 Å². The third kappa shape index (κ3) is 3.39. The second-order valence-electron chi connectivity index (χ2n) is 2.83. The van der Waals surface area contributed by atoms with Crippen molar-refractivity contribution in [3.63, 3.8) is 0 Å². The number of hydrogen-bond acceptors (Lipinski definition) is 2. The van der Waals surface area contributed by atoms with Crippen molar-refractivity contribution >= 4 is 10.0 Å². The minimum atomic E-state index is -3.36. The number of benzene rings is 1.